The molecule has 1 saturated heterocycles. The lowest BCUT2D eigenvalue weighted by Gasteiger charge is -2.29. The van der Waals surface area contributed by atoms with Gasteiger partial charge in [0, 0.05) is 36.6 Å². The maximum absolute atomic E-state index is 12.3. The molecule has 9 heteroatoms. The molecule has 1 atom stereocenters. The Morgan fingerprint density at radius 2 is 2.06 bits per heavy atom. The fraction of sp³-hybridized carbons (Fsp3) is 0.652. The van der Waals surface area contributed by atoms with Crippen molar-refractivity contribution in [1.29, 1.82) is 0 Å². The highest BCUT2D eigenvalue weighted by atomic mass is 16.6. The Morgan fingerprint density at radius 1 is 1.25 bits per heavy atom. The first-order valence-corrected chi connectivity index (χ1v) is 11.8. The van der Waals surface area contributed by atoms with Gasteiger partial charge >= 0.3 is 6.09 Å². The molecule has 3 aromatic rings. The van der Waals surface area contributed by atoms with Gasteiger partial charge in [-0.05, 0) is 71.4 Å². The second-order valence-corrected chi connectivity index (χ2v) is 10.3. The molecular formula is C23H33N7O2. The highest BCUT2D eigenvalue weighted by Crippen LogP contribution is 2.37. The summed E-state index contributed by atoms with van der Waals surface area (Å²) in [7, 11) is 0. The Labute approximate surface area is 187 Å². The number of nitrogens with zero attached hydrogens (tertiary/aromatic N) is 5. The molecule has 0 spiro atoms. The topological polar surface area (TPSA) is 100 Å². The molecule has 1 aliphatic heterocycles. The van der Waals surface area contributed by atoms with Crippen LogP contribution in [0.3, 0.4) is 0 Å². The number of rotatable bonds is 4. The molecule has 2 fully saturated rings. The molecule has 0 bridgehead atoms. The zero-order valence-corrected chi connectivity index (χ0v) is 19.2. The van der Waals surface area contributed by atoms with Crippen molar-refractivity contribution in [2.45, 2.75) is 70.4 Å². The van der Waals surface area contributed by atoms with Gasteiger partial charge in [-0.15, -0.1) is 5.10 Å². The Bertz CT molecular complexity index is 1090. The number of likely N-dealkylation sites (tertiary alicyclic amines) is 1. The van der Waals surface area contributed by atoms with Crippen molar-refractivity contribution in [3.05, 3.63) is 24.3 Å². The summed E-state index contributed by atoms with van der Waals surface area (Å²) in [5, 5.41) is 13.6. The van der Waals surface area contributed by atoms with Crippen molar-refractivity contribution < 1.29 is 9.53 Å². The molecule has 1 aliphatic carbocycles. The summed E-state index contributed by atoms with van der Waals surface area (Å²) in [4.78, 5) is 21.7. The standard InChI is InChI=1S/C23H33N7O2/c1-23(2,3)32-22(31)29-11-9-17(13-29)25-12-15-4-6-16(7-5-15)19-20-18-8-10-24-21(18)26-14-30(20)28-27-19/h8,10,14-17,24-25H,4-7,9,11-13H2,1-3H3/t15?,16?,17-/m0/s1. The molecule has 0 aromatic carbocycles. The lowest BCUT2D eigenvalue weighted by molar-refractivity contribution is 0.0290. The van der Waals surface area contributed by atoms with Crippen molar-refractivity contribution in [3.8, 4) is 0 Å². The maximum atomic E-state index is 12.3. The van der Waals surface area contributed by atoms with Gasteiger partial charge in [0.1, 0.15) is 23.1 Å². The van der Waals surface area contributed by atoms with Crippen LogP contribution in [0.25, 0.3) is 16.6 Å². The summed E-state index contributed by atoms with van der Waals surface area (Å²) in [6.45, 7) is 8.24. The highest BCUT2D eigenvalue weighted by Gasteiger charge is 2.31. The SMILES string of the molecule is CC(C)(C)OC(=O)N1CC[C@H](NCC2CCC(c3nnn4cnc5[nH]ccc5c34)CC2)C1. The number of hydrogen-bond donors (Lipinski definition) is 2. The van der Waals surface area contributed by atoms with E-state index in [1.165, 1.54) is 12.8 Å². The third-order valence-corrected chi connectivity index (χ3v) is 6.77. The minimum atomic E-state index is -0.444. The average Bonchev–Trinajstić information content (AvgIpc) is 3.49. The number of H-pyrrole nitrogens is 1. The van der Waals surface area contributed by atoms with Crippen molar-refractivity contribution in [3.63, 3.8) is 0 Å². The van der Waals surface area contributed by atoms with Crippen LogP contribution in [-0.4, -0.2) is 67.1 Å². The van der Waals surface area contributed by atoms with Gasteiger partial charge in [0.25, 0.3) is 0 Å². The van der Waals surface area contributed by atoms with Crippen LogP contribution in [0.4, 0.5) is 4.79 Å². The van der Waals surface area contributed by atoms with E-state index in [0.717, 1.165) is 61.1 Å². The quantitative estimate of drug-likeness (QED) is 0.646. The van der Waals surface area contributed by atoms with E-state index in [2.05, 4.69) is 31.7 Å². The van der Waals surface area contributed by atoms with E-state index >= 15 is 0 Å². The van der Waals surface area contributed by atoms with E-state index in [0.29, 0.717) is 17.9 Å². The van der Waals surface area contributed by atoms with Crippen LogP contribution in [0.2, 0.25) is 0 Å². The van der Waals surface area contributed by atoms with E-state index in [-0.39, 0.29) is 6.09 Å². The first-order valence-electron chi connectivity index (χ1n) is 11.8. The molecule has 0 radical (unpaired) electrons. The molecule has 172 valence electrons. The fourth-order valence-corrected chi connectivity index (χ4v) is 5.09. The van der Waals surface area contributed by atoms with Crippen LogP contribution in [0.1, 0.15) is 64.5 Å². The Hall–Kier alpha value is -2.68. The Kier molecular flexibility index (Phi) is 5.53. The number of carbonyl (C=O) groups is 1. The van der Waals surface area contributed by atoms with Gasteiger partial charge in [-0.2, -0.15) is 0 Å². The highest BCUT2D eigenvalue weighted by molar-refractivity contribution is 5.92. The predicted octanol–water partition coefficient (Wildman–Crippen LogP) is 3.48. The van der Waals surface area contributed by atoms with Crippen LogP contribution in [0.5, 0.6) is 0 Å². The summed E-state index contributed by atoms with van der Waals surface area (Å²) in [6, 6.07) is 2.42. The molecule has 32 heavy (non-hydrogen) atoms. The normalized spacial score (nSPS) is 24.5. The molecule has 9 nitrogen and oxygen atoms in total. The van der Waals surface area contributed by atoms with E-state index in [9.17, 15) is 4.79 Å². The number of ether oxygens (including phenoxy) is 1. The monoisotopic (exact) mass is 439 g/mol. The number of aromatic amines is 1. The first-order chi connectivity index (χ1) is 15.4. The third-order valence-electron chi connectivity index (χ3n) is 6.77. The van der Waals surface area contributed by atoms with Gasteiger partial charge in [0.05, 0.1) is 5.69 Å². The molecule has 2 aliphatic rings. The van der Waals surface area contributed by atoms with Crippen LogP contribution in [-0.2, 0) is 4.74 Å². The number of carbonyl (C=O) groups excluding carboxylic acids is 1. The molecule has 1 amide bonds. The number of amides is 1. The number of nitrogens with one attached hydrogen (secondary N) is 2. The smallest absolute Gasteiger partial charge is 0.410 e. The van der Waals surface area contributed by atoms with Gasteiger partial charge in [-0.1, -0.05) is 5.21 Å². The lowest BCUT2D eigenvalue weighted by Crippen LogP contribution is -2.39. The zero-order valence-electron chi connectivity index (χ0n) is 19.2. The third kappa shape index (κ3) is 4.30. The fourth-order valence-electron chi connectivity index (χ4n) is 5.09. The second kappa shape index (κ2) is 8.35. The van der Waals surface area contributed by atoms with Crippen molar-refractivity contribution in [1.82, 2.24) is 35.0 Å². The number of aromatic nitrogens is 5. The molecule has 4 heterocycles. The summed E-state index contributed by atoms with van der Waals surface area (Å²) >= 11 is 0. The van der Waals surface area contributed by atoms with Crippen molar-refractivity contribution in [2.75, 3.05) is 19.6 Å². The molecular weight excluding hydrogens is 406 g/mol. The van der Waals surface area contributed by atoms with Crippen LogP contribution in [0.15, 0.2) is 18.6 Å². The molecule has 2 N–H and O–H groups in total. The van der Waals surface area contributed by atoms with Gasteiger partial charge in [0.2, 0.25) is 0 Å². The van der Waals surface area contributed by atoms with Crippen molar-refractivity contribution in [2.24, 2.45) is 5.92 Å². The first kappa shape index (κ1) is 21.2. The van der Waals surface area contributed by atoms with Gasteiger partial charge in [-0.25, -0.2) is 14.3 Å². The molecule has 0 unspecified atom stereocenters. The largest absolute Gasteiger partial charge is 0.444 e. The number of fused-ring (bicyclic) bond motifs is 3. The van der Waals surface area contributed by atoms with Gasteiger partial charge in [0.15, 0.2) is 0 Å². The second-order valence-electron chi connectivity index (χ2n) is 10.3. The van der Waals surface area contributed by atoms with E-state index in [1.54, 1.807) is 10.8 Å². The van der Waals surface area contributed by atoms with E-state index in [4.69, 9.17) is 4.74 Å². The maximum Gasteiger partial charge on any atom is 0.410 e. The van der Waals surface area contributed by atoms with Crippen LogP contribution < -0.4 is 5.32 Å². The summed E-state index contributed by atoms with van der Waals surface area (Å²) < 4.78 is 7.31. The average molecular weight is 440 g/mol. The van der Waals surface area contributed by atoms with E-state index < -0.39 is 5.60 Å². The Balaban J connectivity index is 1.13. The zero-order chi connectivity index (χ0) is 22.3. The summed E-state index contributed by atoms with van der Waals surface area (Å²) in [5.41, 5.74) is 2.63. The van der Waals surface area contributed by atoms with Crippen molar-refractivity contribution >= 4 is 22.6 Å². The predicted molar refractivity (Wildman–Crippen MR) is 122 cm³/mol. The minimum Gasteiger partial charge on any atom is -0.444 e. The molecule has 5 rings (SSSR count). The minimum absolute atomic E-state index is 0.199. The van der Waals surface area contributed by atoms with Crippen LogP contribution >= 0.6 is 0 Å². The molecule has 1 saturated carbocycles. The van der Waals surface area contributed by atoms with Gasteiger partial charge in [-0.3, -0.25) is 0 Å². The number of hydrogen-bond acceptors (Lipinski definition) is 6. The summed E-state index contributed by atoms with van der Waals surface area (Å²) in [6.07, 6.45) is 9.07. The van der Waals surface area contributed by atoms with Crippen LogP contribution in [0, 0.1) is 5.92 Å². The summed E-state index contributed by atoms with van der Waals surface area (Å²) in [5.74, 6) is 1.11. The lowest BCUT2D eigenvalue weighted by atomic mass is 9.80. The van der Waals surface area contributed by atoms with E-state index in [1.807, 2.05) is 31.9 Å². The molecule has 3 aromatic heterocycles. The van der Waals surface area contributed by atoms with Gasteiger partial charge < -0.3 is 19.9 Å². The Morgan fingerprint density at radius 3 is 2.84 bits per heavy atom.